The van der Waals surface area contributed by atoms with E-state index >= 15 is 0 Å². The zero-order valence-corrected chi connectivity index (χ0v) is 23.0. The van der Waals surface area contributed by atoms with Crippen LogP contribution in [0.2, 0.25) is 18.1 Å². The highest BCUT2D eigenvalue weighted by atomic mass is 28.4. The van der Waals surface area contributed by atoms with Crippen LogP contribution in [0, 0.1) is 0 Å². The maximum absolute atomic E-state index is 12.8. The third-order valence-electron chi connectivity index (χ3n) is 6.86. The first-order chi connectivity index (χ1) is 16.6. The lowest BCUT2D eigenvalue weighted by molar-refractivity contribution is -0.152. The molecule has 1 aromatic heterocycles. The van der Waals surface area contributed by atoms with Crippen LogP contribution in [-0.4, -0.2) is 50.2 Å². The van der Waals surface area contributed by atoms with Crippen molar-refractivity contribution in [1.29, 1.82) is 0 Å². The lowest BCUT2D eigenvalue weighted by atomic mass is 9.99. The lowest BCUT2D eigenvalue weighted by Crippen LogP contribution is -2.47. The SMILES string of the molecule is CCOC(=O)C(Cc1ccccc1OCc1ccnc(C2CCOCC2)n1)O[Si](C)(C)C(C)(C)C. The molecular weight excluding hydrogens is 460 g/mol. The quantitative estimate of drug-likeness (QED) is 0.317. The van der Waals surface area contributed by atoms with Gasteiger partial charge in [-0.1, -0.05) is 39.0 Å². The average molecular weight is 501 g/mol. The van der Waals surface area contributed by atoms with Gasteiger partial charge in [-0.2, -0.15) is 0 Å². The van der Waals surface area contributed by atoms with Crippen molar-refractivity contribution >= 4 is 14.3 Å². The van der Waals surface area contributed by atoms with E-state index in [1.165, 1.54) is 0 Å². The number of hydrogen-bond donors (Lipinski definition) is 0. The third kappa shape index (κ3) is 7.59. The summed E-state index contributed by atoms with van der Waals surface area (Å²) in [5, 5.41) is -0.0249. The molecule has 8 heteroatoms. The summed E-state index contributed by atoms with van der Waals surface area (Å²) in [5.41, 5.74) is 1.73. The number of nitrogens with zero attached hydrogens (tertiary/aromatic N) is 2. The van der Waals surface area contributed by atoms with Gasteiger partial charge < -0.3 is 18.6 Å². The Morgan fingerprint density at radius 2 is 1.89 bits per heavy atom. The number of esters is 1. The van der Waals surface area contributed by atoms with E-state index in [2.05, 4.69) is 38.8 Å². The molecule has 3 rings (SSSR count). The van der Waals surface area contributed by atoms with E-state index in [0.29, 0.717) is 31.3 Å². The molecule has 2 aromatic rings. The van der Waals surface area contributed by atoms with Gasteiger partial charge in [-0.3, -0.25) is 0 Å². The van der Waals surface area contributed by atoms with E-state index < -0.39 is 14.4 Å². The maximum Gasteiger partial charge on any atom is 0.334 e. The fraction of sp³-hybridized carbons (Fsp3) is 0.593. The summed E-state index contributed by atoms with van der Waals surface area (Å²) in [6.45, 7) is 14.7. The molecule has 1 atom stereocenters. The highest BCUT2D eigenvalue weighted by molar-refractivity contribution is 6.74. The van der Waals surface area contributed by atoms with Gasteiger partial charge in [-0.05, 0) is 55.6 Å². The number of ether oxygens (including phenoxy) is 3. The van der Waals surface area contributed by atoms with Crippen molar-refractivity contribution in [3.63, 3.8) is 0 Å². The first-order valence-electron chi connectivity index (χ1n) is 12.6. The lowest BCUT2D eigenvalue weighted by Gasteiger charge is -2.38. The summed E-state index contributed by atoms with van der Waals surface area (Å²) >= 11 is 0. The van der Waals surface area contributed by atoms with Crippen LogP contribution in [0.25, 0.3) is 0 Å². The molecule has 1 aromatic carbocycles. The highest BCUT2D eigenvalue weighted by Gasteiger charge is 2.41. The van der Waals surface area contributed by atoms with Gasteiger partial charge in [0.1, 0.15) is 24.3 Å². The first-order valence-corrected chi connectivity index (χ1v) is 15.5. The zero-order valence-electron chi connectivity index (χ0n) is 22.0. The monoisotopic (exact) mass is 500 g/mol. The van der Waals surface area contributed by atoms with Gasteiger partial charge >= 0.3 is 5.97 Å². The topological polar surface area (TPSA) is 79.8 Å². The molecule has 192 valence electrons. The fourth-order valence-corrected chi connectivity index (χ4v) is 5.00. The molecule has 0 aliphatic carbocycles. The second-order valence-electron chi connectivity index (χ2n) is 10.5. The Bertz CT molecular complexity index is 970. The molecule has 1 fully saturated rings. The molecule has 1 unspecified atom stereocenters. The standard InChI is InChI=1S/C27H40N2O5Si/c1-7-32-26(30)24(34-35(5,6)27(2,3)4)18-21-10-8-9-11-23(21)33-19-22-12-15-28-25(29-22)20-13-16-31-17-14-20/h8-12,15,20,24H,7,13-14,16-19H2,1-6H3. The van der Waals surface area contributed by atoms with Gasteiger partial charge in [0.15, 0.2) is 8.32 Å². The van der Waals surface area contributed by atoms with E-state index in [1.54, 1.807) is 6.20 Å². The molecule has 2 heterocycles. The van der Waals surface area contributed by atoms with Gasteiger partial charge in [-0.25, -0.2) is 14.8 Å². The smallest absolute Gasteiger partial charge is 0.334 e. The van der Waals surface area contributed by atoms with Gasteiger partial charge in [-0.15, -0.1) is 0 Å². The summed E-state index contributed by atoms with van der Waals surface area (Å²) < 4.78 is 23.5. The Labute approximate surface area is 210 Å². The Morgan fingerprint density at radius 3 is 2.57 bits per heavy atom. The second-order valence-corrected chi connectivity index (χ2v) is 15.3. The van der Waals surface area contributed by atoms with E-state index in [4.69, 9.17) is 23.6 Å². The number of benzene rings is 1. The van der Waals surface area contributed by atoms with Gasteiger partial charge in [0.05, 0.1) is 12.3 Å². The van der Waals surface area contributed by atoms with Crippen LogP contribution in [0.5, 0.6) is 5.75 Å². The van der Waals surface area contributed by atoms with Crippen LogP contribution in [0.3, 0.4) is 0 Å². The summed E-state index contributed by atoms with van der Waals surface area (Å²) in [6.07, 6.45) is 3.39. The fourth-order valence-electron chi connectivity index (χ4n) is 3.75. The van der Waals surface area contributed by atoms with E-state index in [9.17, 15) is 4.79 Å². The van der Waals surface area contributed by atoms with Crippen molar-refractivity contribution in [1.82, 2.24) is 9.97 Å². The molecule has 1 saturated heterocycles. The summed E-state index contributed by atoms with van der Waals surface area (Å²) in [7, 11) is -2.19. The van der Waals surface area contributed by atoms with Crippen LogP contribution in [0.15, 0.2) is 36.5 Å². The molecule has 1 aliphatic heterocycles. The Balaban J connectivity index is 1.74. The number of hydrogen-bond acceptors (Lipinski definition) is 7. The van der Waals surface area contributed by atoms with Gasteiger partial charge in [0.25, 0.3) is 0 Å². The minimum Gasteiger partial charge on any atom is -0.487 e. The largest absolute Gasteiger partial charge is 0.487 e. The zero-order chi connectivity index (χ0) is 25.5. The van der Waals surface area contributed by atoms with E-state index in [-0.39, 0.29) is 11.0 Å². The molecule has 0 amide bonds. The van der Waals surface area contributed by atoms with Crippen molar-refractivity contribution < 1.29 is 23.4 Å². The van der Waals surface area contributed by atoms with Crippen LogP contribution < -0.4 is 4.74 Å². The average Bonchev–Trinajstić information content (AvgIpc) is 2.83. The number of aromatic nitrogens is 2. The van der Waals surface area contributed by atoms with Gasteiger partial charge in [0, 0.05) is 31.7 Å². The van der Waals surface area contributed by atoms with Crippen molar-refractivity contribution in [3.05, 3.63) is 53.6 Å². The van der Waals surface area contributed by atoms with Crippen LogP contribution in [-0.2, 0) is 31.7 Å². The molecule has 7 nitrogen and oxygen atoms in total. The molecule has 0 bridgehead atoms. The molecule has 0 radical (unpaired) electrons. The van der Waals surface area contributed by atoms with Crippen LogP contribution in [0.4, 0.5) is 0 Å². The van der Waals surface area contributed by atoms with Crippen molar-refractivity contribution in [3.8, 4) is 5.75 Å². The summed E-state index contributed by atoms with van der Waals surface area (Å²) in [5.74, 6) is 1.57. The molecule has 1 aliphatic rings. The maximum atomic E-state index is 12.8. The van der Waals surface area contributed by atoms with E-state index in [0.717, 1.165) is 43.1 Å². The summed E-state index contributed by atoms with van der Waals surface area (Å²) in [6, 6.07) is 9.66. The molecular formula is C27H40N2O5Si. The predicted octanol–water partition coefficient (Wildman–Crippen LogP) is 5.45. The van der Waals surface area contributed by atoms with Crippen molar-refractivity contribution in [2.75, 3.05) is 19.8 Å². The second kappa shape index (κ2) is 12.1. The molecule has 35 heavy (non-hydrogen) atoms. The molecule has 0 spiro atoms. The van der Waals surface area contributed by atoms with E-state index in [1.807, 2.05) is 37.3 Å². The number of carbonyl (C=O) groups excluding carboxylic acids is 1. The molecule has 0 N–H and O–H groups in total. The van der Waals surface area contributed by atoms with Gasteiger partial charge in [0.2, 0.25) is 0 Å². The van der Waals surface area contributed by atoms with Crippen LogP contribution >= 0.6 is 0 Å². The molecule has 0 saturated carbocycles. The Hall–Kier alpha value is -2.29. The minimum absolute atomic E-state index is 0.0249. The minimum atomic E-state index is -2.19. The third-order valence-corrected chi connectivity index (χ3v) is 11.4. The van der Waals surface area contributed by atoms with Crippen molar-refractivity contribution in [2.24, 2.45) is 0 Å². The Kier molecular flexibility index (Phi) is 9.44. The number of rotatable bonds is 10. The summed E-state index contributed by atoms with van der Waals surface area (Å²) in [4.78, 5) is 22.1. The predicted molar refractivity (Wildman–Crippen MR) is 138 cm³/mol. The normalized spacial score (nSPS) is 16.1. The van der Waals surface area contributed by atoms with Crippen molar-refractivity contribution in [2.45, 2.75) is 83.7 Å². The highest BCUT2D eigenvalue weighted by Crippen LogP contribution is 2.38. The Morgan fingerprint density at radius 1 is 1.17 bits per heavy atom. The first kappa shape index (κ1) is 27.3. The number of para-hydroxylation sites is 1. The number of carbonyl (C=O) groups is 1. The van der Waals surface area contributed by atoms with Crippen LogP contribution in [0.1, 0.15) is 63.5 Å².